The number of unbranched alkanes of at least 4 members (excludes halogenated alkanes) is 12. The normalized spacial score (nSPS) is 13.2. The van der Waals surface area contributed by atoms with Gasteiger partial charge in [0.1, 0.15) is 0 Å². The second-order valence-electron chi connectivity index (χ2n) is 13.3. The van der Waals surface area contributed by atoms with Gasteiger partial charge in [0.05, 0.1) is 0 Å². The summed E-state index contributed by atoms with van der Waals surface area (Å²) in [7, 11) is 0. The molecule has 0 saturated heterocycles. The van der Waals surface area contributed by atoms with Gasteiger partial charge in [-0.3, -0.25) is 0 Å². The molecule has 0 aliphatic carbocycles. The summed E-state index contributed by atoms with van der Waals surface area (Å²) in [5.41, 5.74) is 2.77. The van der Waals surface area contributed by atoms with Gasteiger partial charge in [-0.05, 0) is 0 Å². The zero-order valence-electron chi connectivity index (χ0n) is 29.2. The zero-order valence-corrected chi connectivity index (χ0v) is 32.1. The quantitative estimate of drug-likeness (QED) is 0.0719. The minimum atomic E-state index is -3.64. The molecule has 0 amide bonds. The van der Waals surface area contributed by atoms with E-state index in [1.54, 1.807) is 0 Å². The predicted octanol–water partition coefficient (Wildman–Crippen LogP) is 13.9. The van der Waals surface area contributed by atoms with Crippen molar-refractivity contribution in [1.82, 2.24) is 0 Å². The van der Waals surface area contributed by atoms with Gasteiger partial charge in [0, 0.05) is 0 Å². The first-order valence-electron chi connectivity index (χ1n) is 18.6. The van der Waals surface area contributed by atoms with Crippen LogP contribution in [0.3, 0.4) is 0 Å². The van der Waals surface area contributed by atoms with Crippen LogP contribution in [-0.2, 0) is 0 Å². The van der Waals surface area contributed by atoms with Crippen LogP contribution >= 0.6 is 0 Å². The zero-order chi connectivity index (χ0) is 31.2. The summed E-state index contributed by atoms with van der Waals surface area (Å²) >= 11 is -3.64. The number of rotatable bonds is 26. The maximum absolute atomic E-state index is 7.50. The Morgan fingerprint density at radius 1 is 0.465 bits per heavy atom. The molecular formula is C40H68O2Sn. The third kappa shape index (κ3) is 14.7. The van der Waals surface area contributed by atoms with E-state index in [1.165, 1.54) is 127 Å². The summed E-state index contributed by atoms with van der Waals surface area (Å²) in [4.78, 5) is 0. The first kappa shape index (κ1) is 38.0. The standard InChI is InChI=1S/2C12H18O.2C8H17.Sn/c2*1-3-4-7-10(2)11-8-5-6-9-12(11)13;2*1-3-5-7-8-6-4-2;/h2*5-6,8-10,13H,3-4,7H2,1-2H3;2*1,3-8H2,2H3;/q;;;;+2/p-2. The molecule has 0 aliphatic heterocycles. The van der Waals surface area contributed by atoms with E-state index in [-0.39, 0.29) is 0 Å². The second-order valence-corrected chi connectivity index (χ2v) is 22.5. The summed E-state index contributed by atoms with van der Waals surface area (Å²) in [6, 6.07) is 17.9. The van der Waals surface area contributed by atoms with Crippen molar-refractivity contribution in [1.29, 1.82) is 0 Å². The molecule has 0 saturated carbocycles. The van der Waals surface area contributed by atoms with Crippen LogP contribution in [-0.4, -0.2) is 19.2 Å². The maximum atomic E-state index is 7.50. The summed E-state index contributed by atoms with van der Waals surface area (Å²) in [5.74, 6) is 3.25. The molecule has 3 heteroatoms. The van der Waals surface area contributed by atoms with E-state index in [0.29, 0.717) is 11.8 Å². The Labute approximate surface area is 273 Å². The molecule has 0 bridgehead atoms. The topological polar surface area (TPSA) is 18.5 Å². The molecule has 2 unspecified atom stereocenters. The molecule has 244 valence electrons. The average molecular weight is 700 g/mol. The van der Waals surface area contributed by atoms with Crippen LogP contribution in [0.4, 0.5) is 0 Å². The Kier molecular flexibility index (Phi) is 20.5. The van der Waals surface area contributed by atoms with Gasteiger partial charge >= 0.3 is 274 Å². The molecule has 0 aromatic heterocycles. The van der Waals surface area contributed by atoms with Crippen molar-refractivity contribution >= 4 is 19.2 Å². The van der Waals surface area contributed by atoms with E-state index in [0.717, 1.165) is 20.4 Å². The third-order valence-electron chi connectivity index (χ3n) is 9.30. The molecule has 2 atom stereocenters. The molecule has 0 heterocycles. The molecule has 0 spiro atoms. The van der Waals surface area contributed by atoms with Crippen LogP contribution in [0, 0.1) is 0 Å². The van der Waals surface area contributed by atoms with Gasteiger partial charge in [0.25, 0.3) is 0 Å². The minimum absolute atomic E-state index is 0.504. The summed E-state index contributed by atoms with van der Waals surface area (Å²) in [6.07, 6.45) is 23.2. The Balaban J connectivity index is 2.45. The fourth-order valence-electron chi connectivity index (χ4n) is 6.39. The number of hydrogen-bond acceptors (Lipinski definition) is 2. The van der Waals surface area contributed by atoms with E-state index in [1.807, 2.05) is 0 Å². The van der Waals surface area contributed by atoms with Crippen molar-refractivity contribution in [3.8, 4) is 11.5 Å². The monoisotopic (exact) mass is 700 g/mol. The van der Waals surface area contributed by atoms with Crippen molar-refractivity contribution in [3.63, 3.8) is 0 Å². The van der Waals surface area contributed by atoms with Crippen molar-refractivity contribution in [2.45, 2.75) is 178 Å². The fourth-order valence-corrected chi connectivity index (χ4v) is 16.2. The second kappa shape index (κ2) is 23.2. The molecule has 0 N–H and O–H groups in total. The van der Waals surface area contributed by atoms with Crippen LogP contribution < -0.4 is 6.15 Å². The van der Waals surface area contributed by atoms with Crippen molar-refractivity contribution in [2.75, 3.05) is 0 Å². The van der Waals surface area contributed by atoms with Gasteiger partial charge in [0.15, 0.2) is 0 Å². The SMILES string of the molecule is CCCCCCC[CH2][Sn]([CH2]CCCCCCC)([O]c1ccccc1C(C)CCCC)[O]c1ccccc1C(C)CCCC. The molecule has 2 aromatic carbocycles. The molecule has 2 nitrogen and oxygen atoms in total. The van der Waals surface area contributed by atoms with Crippen LogP contribution in [0.5, 0.6) is 11.5 Å². The van der Waals surface area contributed by atoms with Gasteiger partial charge in [-0.25, -0.2) is 0 Å². The average Bonchev–Trinajstić information content (AvgIpc) is 3.02. The molecule has 2 rings (SSSR count). The Morgan fingerprint density at radius 2 is 0.814 bits per heavy atom. The first-order valence-corrected chi connectivity index (χ1v) is 24.9. The van der Waals surface area contributed by atoms with E-state index < -0.39 is 19.2 Å². The van der Waals surface area contributed by atoms with E-state index in [9.17, 15) is 0 Å². The van der Waals surface area contributed by atoms with E-state index in [2.05, 4.69) is 90.1 Å². The van der Waals surface area contributed by atoms with E-state index in [4.69, 9.17) is 6.15 Å². The Morgan fingerprint density at radius 3 is 1.21 bits per heavy atom. The molecule has 2 aromatic rings. The summed E-state index contributed by atoms with van der Waals surface area (Å²) < 4.78 is 17.3. The van der Waals surface area contributed by atoms with Crippen molar-refractivity contribution in [2.24, 2.45) is 0 Å². The van der Waals surface area contributed by atoms with Gasteiger partial charge < -0.3 is 0 Å². The van der Waals surface area contributed by atoms with Gasteiger partial charge in [-0.2, -0.15) is 0 Å². The summed E-state index contributed by atoms with van der Waals surface area (Å²) in [5, 5.41) is 0. The molecule has 43 heavy (non-hydrogen) atoms. The number of benzene rings is 2. The van der Waals surface area contributed by atoms with Crippen LogP contribution in [0.2, 0.25) is 8.87 Å². The number of para-hydroxylation sites is 2. The molecular weight excluding hydrogens is 631 g/mol. The summed E-state index contributed by atoms with van der Waals surface area (Å²) in [6.45, 7) is 14.0. The Bertz CT molecular complexity index is 880. The van der Waals surface area contributed by atoms with Crippen LogP contribution in [0.1, 0.15) is 180 Å². The molecule has 0 radical (unpaired) electrons. The van der Waals surface area contributed by atoms with Gasteiger partial charge in [0.2, 0.25) is 0 Å². The van der Waals surface area contributed by atoms with Gasteiger partial charge in [-0.15, -0.1) is 0 Å². The van der Waals surface area contributed by atoms with Crippen LogP contribution in [0.15, 0.2) is 48.5 Å². The molecule has 0 fully saturated rings. The Hall–Kier alpha value is -1.16. The van der Waals surface area contributed by atoms with E-state index >= 15 is 0 Å². The van der Waals surface area contributed by atoms with Crippen molar-refractivity contribution < 1.29 is 6.15 Å². The predicted molar refractivity (Wildman–Crippen MR) is 192 cm³/mol. The number of hydrogen-bond donors (Lipinski definition) is 0. The van der Waals surface area contributed by atoms with Crippen molar-refractivity contribution in [3.05, 3.63) is 59.7 Å². The first-order chi connectivity index (χ1) is 21.0. The third-order valence-corrected chi connectivity index (χ3v) is 19.0. The fraction of sp³-hybridized carbons (Fsp3) is 0.700. The van der Waals surface area contributed by atoms with Crippen LogP contribution in [0.25, 0.3) is 0 Å². The molecule has 0 aliphatic rings. The van der Waals surface area contributed by atoms with Gasteiger partial charge in [-0.1, -0.05) is 0 Å².